The topological polar surface area (TPSA) is 119 Å². The van der Waals surface area contributed by atoms with E-state index in [0.717, 1.165) is 23.1 Å². The molecule has 0 aliphatic carbocycles. The molecule has 5 N–H and O–H groups in total. The van der Waals surface area contributed by atoms with Crippen LogP contribution in [-0.4, -0.2) is 47.3 Å². The summed E-state index contributed by atoms with van der Waals surface area (Å²) in [5.41, 5.74) is 14.6. The van der Waals surface area contributed by atoms with E-state index in [1.54, 1.807) is 0 Å². The van der Waals surface area contributed by atoms with Gasteiger partial charge in [-0.3, -0.25) is 14.4 Å². The molecule has 0 spiro atoms. The molecule has 0 saturated carbocycles. The molecule has 3 amide bonds. The van der Waals surface area contributed by atoms with Crippen molar-refractivity contribution in [2.24, 2.45) is 17.4 Å². The van der Waals surface area contributed by atoms with E-state index in [1.807, 2.05) is 68.4 Å². The Bertz CT molecular complexity index is 943. The van der Waals surface area contributed by atoms with Crippen molar-refractivity contribution in [3.8, 4) is 11.1 Å². The van der Waals surface area contributed by atoms with Crippen LogP contribution in [-0.2, 0) is 20.8 Å². The van der Waals surface area contributed by atoms with Gasteiger partial charge in [0.1, 0.15) is 12.1 Å². The molecule has 7 heteroatoms. The average molecular weight is 437 g/mol. The van der Waals surface area contributed by atoms with Crippen LogP contribution in [0.4, 0.5) is 0 Å². The number of rotatable bonds is 8. The van der Waals surface area contributed by atoms with Crippen LogP contribution < -0.4 is 16.8 Å². The van der Waals surface area contributed by atoms with Gasteiger partial charge >= 0.3 is 0 Å². The van der Waals surface area contributed by atoms with Crippen molar-refractivity contribution in [2.45, 2.75) is 51.2 Å². The maximum atomic E-state index is 12.9. The number of carbonyl (C=O) groups excluding carboxylic acids is 3. The van der Waals surface area contributed by atoms with E-state index in [-0.39, 0.29) is 24.2 Å². The zero-order valence-corrected chi connectivity index (χ0v) is 18.7. The van der Waals surface area contributed by atoms with Gasteiger partial charge < -0.3 is 21.7 Å². The molecular formula is C25H32N4O3. The third kappa shape index (κ3) is 5.53. The number of hydrogen-bond acceptors (Lipinski definition) is 4. The number of nitrogens with two attached hydrogens (primary N) is 2. The highest BCUT2D eigenvalue weighted by molar-refractivity contribution is 5.93. The van der Waals surface area contributed by atoms with Crippen LogP contribution in [0.2, 0.25) is 0 Å². The summed E-state index contributed by atoms with van der Waals surface area (Å²) < 4.78 is 0. The lowest BCUT2D eigenvalue weighted by atomic mass is 10.00. The first-order valence-electron chi connectivity index (χ1n) is 11.1. The molecule has 170 valence electrons. The van der Waals surface area contributed by atoms with Crippen molar-refractivity contribution in [2.75, 3.05) is 6.54 Å². The van der Waals surface area contributed by atoms with Gasteiger partial charge in [-0.05, 0) is 35.4 Å². The van der Waals surface area contributed by atoms with Gasteiger partial charge in [-0.25, -0.2) is 0 Å². The number of carbonyl (C=O) groups is 3. The van der Waals surface area contributed by atoms with E-state index in [1.165, 1.54) is 4.90 Å². The van der Waals surface area contributed by atoms with Gasteiger partial charge in [0.15, 0.2) is 0 Å². The van der Waals surface area contributed by atoms with E-state index in [2.05, 4.69) is 5.32 Å². The molecule has 1 aliphatic rings. The molecule has 7 nitrogen and oxygen atoms in total. The number of primary amides is 1. The molecule has 1 fully saturated rings. The molecule has 0 bridgehead atoms. The van der Waals surface area contributed by atoms with Crippen LogP contribution in [0.15, 0.2) is 54.6 Å². The third-order valence-corrected chi connectivity index (χ3v) is 6.00. The molecule has 2 unspecified atom stereocenters. The van der Waals surface area contributed by atoms with Crippen molar-refractivity contribution in [1.82, 2.24) is 10.2 Å². The summed E-state index contributed by atoms with van der Waals surface area (Å²) in [5, 5.41) is 2.76. The maximum absolute atomic E-state index is 12.9. The Morgan fingerprint density at radius 3 is 2.25 bits per heavy atom. The molecule has 0 aromatic heterocycles. The summed E-state index contributed by atoms with van der Waals surface area (Å²) in [5.74, 6) is -1.23. The molecular weight excluding hydrogens is 404 g/mol. The minimum Gasteiger partial charge on any atom is -0.368 e. The van der Waals surface area contributed by atoms with Crippen molar-refractivity contribution in [3.05, 3.63) is 60.2 Å². The summed E-state index contributed by atoms with van der Waals surface area (Å²) in [6, 6.07) is 15.7. The van der Waals surface area contributed by atoms with E-state index in [9.17, 15) is 14.4 Å². The fourth-order valence-corrected chi connectivity index (χ4v) is 3.97. The molecule has 1 saturated heterocycles. The lowest BCUT2D eigenvalue weighted by Crippen LogP contribution is -2.55. The quantitative estimate of drug-likeness (QED) is 0.585. The third-order valence-electron chi connectivity index (χ3n) is 6.00. The molecule has 1 heterocycles. The van der Waals surface area contributed by atoms with E-state index in [4.69, 9.17) is 11.5 Å². The zero-order valence-electron chi connectivity index (χ0n) is 18.7. The first-order valence-corrected chi connectivity index (χ1v) is 11.1. The summed E-state index contributed by atoms with van der Waals surface area (Å²) in [7, 11) is 0. The van der Waals surface area contributed by atoms with Gasteiger partial charge in [-0.1, -0.05) is 68.4 Å². The number of likely N-dealkylation sites (tertiary alicyclic amines) is 1. The van der Waals surface area contributed by atoms with Crippen molar-refractivity contribution in [1.29, 1.82) is 0 Å². The van der Waals surface area contributed by atoms with Gasteiger partial charge in [0.2, 0.25) is 17.7 Å². The van der Waals surface area contributed by atoms with E-state index < -0.39 is 24.0 Å². The summed E-state index contributed by atoms with van der Waals surface area (Å²) >= 11 is 0. The fraction of sp³-hybridized carbons (Fsp3) is 0.400. The lowest BCUT2D eigenvalue weighted by molar-refractivity contribution is -0.140. The van der Waals surface area contributed by atoms with Gasteiger partial charge in [0, 0.05) is 13.0 Å². The average Bonchev–Trinajstić information content (AvgIpc) is 3.28. The minimum absolute atomic E-state index is 0.0240. The van der Waals surface area contributed by atoms with Crippen LogP contribution in [0, 0.1) is 5.92 Å². The fourth-order valence-electron chi connectivity index (χ4n) is 3.97. The predicted octanol–water partition coefficient (Wildman–Crippen LogP) is 1.84. The molecule has 0 radical (unpaired) electrons. The second-order valence-electron chi connectivity index (χ2n) is 8.69. The highest BCUT2D eigenvalue weighted by Crippen LogP contribution is 2.21. The molecule has 2 aromatic carbocycles. The Labute approximate surface area is 189 Å². The van der Waals surface area contributed by atoms with Crippen LogP contribution in [0.1, 0.15) is 32.3 Å². The van der Waals surface area contributed by atoms with Crippen molar-refractivity contribution < 1.29 is 14.4 Å². The Kier molecular flexibility index (Phi) is 7.64. The second kappa shape index (κ2) is 10.4. The molecule has 3 rings (SSSR count). The highest BCUT2D eigenvalue weighted by atomic mass is 16.2. The summed E-state index contributed by atoms with van der Waals surface area (Å²) in [6.07, 6.45) is 1.54. The summed E-state index contributed by atoms with van der Waals surface area (Å²) in [6.45, 7) is 4.24. The molecule has 1 aliphatic heterocycles. The number of benzene rings is 2. The molecule has 3 atom stereocenters. The lowest BCUT2D eigenvalue weighted by Gasteiger charge is -2.29. The second-order valence-corrected chi connectivity index (χ2v) is 8.69. The van der Waals surface area contributed by atoms with Crippen LogP contribution in [0.25, 0.3) is 11.1 Å². The highest BCUT2D eigenvalue weighted by Gasteiger charge is 2.37. The van der Waals surface area contributed by atoms with Gasteiger partial charge in [-0.2, -0.15) is 0 Å². The number of hydrogen-bond donors (Lipinski definition) is 3. The van der Waals surface area contributed by atoms with Crippen molar-refractivity contribution >= 4 is 17.7 Å². The minimum atomic E-state index is -0.860. The SMILES string of the molecule is CC(C)C(N)C(=O)N1CCCC1C(=O)N[C@H](Cc1ccc(-c2ccccc2)cc1)C(N)=O. The first-order chi connectivity index (χ1) is 15.3. The first kappa shape index (κ1) is 23.5. The number of nitrogens with one attached hydrogen (secondary N) is 1. The van der Waals surface area contributed by atoms with E-state index >= 15 is 0 Å². The zero-order chi connectivity index (χ0) is 23.3. The van der Waals surface area contributed by atoms with Gasteiger partial charge in [0.25, 0.3) is 0 Å². The largest absolute Gasteiger partial charge is 0.368 e. The Balaban J connectivity index is 1.66. The Morgan fingerprint density at radius 1 is 1.03 bits per heavy atom. The van der Waals surface area contributed by atoms with Gasteiger partial charge in [-0.15, -0.1) is 0 Å². The number of amides is 3. The molecule has 2 aromatic rings. The molecule has 32 heavy (non-hydrogen) atoms. The number of nitrogens with zero attached hydrogens (tertiary/aromatic N) is 1. The van der Waals surface area contributed by atoms with Crippen molar-refractivity contribution in [3.63, 3.8) is 0 Å². The summed E-state index contributed by atoms with van der Waals surface area (Å²) in [4.78, 5) is 39.2. The van der Waals surface area contributed by atoms with Crippen LogP contribution in [0.3, 0.4) is 0 Å². The monoisotopic (exact) mass is 436 g/mol. The van der Waals surface area contributed by atoms with Crippen LogP contribution in [0.5, 0.6) is 0 Å². The van der Waals surface area contributed by atoms with E-state index in [0.29, 0.717) is 13.0 Å². The van der Waals surface area contributed by atoms with Crippen LogP contribution >= 0.6 is 0 Å². The normalized spacial score (nSPS) is 17.8. The smallest absolute Gasteiger partial charge is 0.243 e. The Hall–Kier alpha value is -3.19. The standard InChI is InChI=1S/C25H32N4O3/c1-16(2)22(26)25(32)29-14-6-9-21(29)24(31)28-20(23(27)30)15-17-10-12-19(13-11-17)18-7-4-3-5-8-18/h3-5,7-8,10-13,16,20-22H,6,9,14-15,26H2,1-2H3,(H2,27,30)(H,28,31)/t20-,21?,22?/m1/s1. The maximum Gasteiger partial charge on any atom is 0.243 e. The van der Waals surface area contributed by atoms with Gasteiger partial charge in [0.05, 0.1) is 6.04 Å². The Morgan fingerprint density at radius 2 is 1.66 bits per heavy atom. The predicted molar refractivity (Wildman–Crippen MR) is 124 cm³/mol.